The Labute approximate surface area is 172 Å². The zero-order valence-electron chi connectivity index (χ0n) is 15.6. The second-order valence-corrected chi connectivity index (χ2v) is 7.36. The van der Waals surface area contributed by atoms with E-state index in [0.29, 0.717) is 10.3 Å². The van der Waals surface area contributed by atoms with Crippen molar-refractivity contribution >= 4 is 40.3 Å². The molecule has 0 unspecified atom stereocenters. The van der Waals surface area contributed by atoms with Gasteiger partial charge in [0.2, 0.25) is 5.28 Å². The number of hydrogen-bond donors (Lipinski definition) is 1. The minimum Gasteiger partial charge on any atom is -0.360 e. The first-order valence-corrected chi connectivity index (χ1v) is 9.98. The standard InChI is InChI=1S/C17H16ClF3N6OS/c1-8-12-14(26-16(18)24-8)27(9(2)17(19,20)21)15(28)13(25-12)23-6-10-4-5-11(29-3)7-22-10/h4-5,7,9H,6H2,1-3H3,(H,23,25)/t9-/m0/s1. The van der Waals surface area contributed by atoms with Crippen molar-refractivity contribution in [1.82, 2.24) is 24.5 Å². The number of rotatable bonds is 5. The maximum Gasteiger partial charge on any atom is 0.409 e. The van der Waals surface area contributed by atoms with Gasteiger partial charge < -0.3 is 5.32 Å². The Hall–Kier alpha value is -2.40. The summed E-state index contributed by atoms with van der Waals surface area (Å²) in [7, 11) is 0. The molecule has 3 aromatic heterocycles. The predicted molar refractivity (Wildman–Crippen MR) is 105 cm³/mol. The van der Waals surface area contributed by atoms with Gasteiger partial charge in [-0.3, -0.25) is 14.3 Å². The number of alkyl halides is 3. The lowest BCUT2D eigenvalue weighted by molar-refractivity contribution is -0.162. The van der Waals surface area contributed by atoms with Crippen molar-refractivity contribution in [2.24, 2.45) is 0 Å². The van der Waals surface area contributed by atoms with E-state index in [2.05, 4.69) is 25.3 Å². The molecule has 0 saturated heterocycles. The second-order valence-electron chi connectivity index (χ2n) is 6.15. The van der Waals surface area contributed by atoms with E-state index in [1.54, 1.807) is 12.3 Å². The summed E-state index contributed by atoms with van der Waals surface area (Å²) in [5.74, 6) is -0.252. The third-order valence-corrected chi connectivity index (χ3v) is 5.10. The van der Waals surface area contributed by atoms with Crippen LogP contribution in [0.1, 0.15) is 24.4 Å². The normalized spacial score (nSPS) is 12.9. The number of aryl methyl sites for hydroxylation is 1. The van der Waals surface area contributed by atoms with Gasteiger partial charge in [0.15, 0.2) is 11.5 Å². The van der Waals surface area contributed by atoms with E-state index in [-0.39, 0.29) is 34.5 Å². The minimum atomic E-state index is -4.67. The quantitative estimate of drug-likeness (QED) is 0.470. The van der Waals surface area contributed by atoms with Gasteiger partial charge in [0.25, 0.3) is 5.56 Å². The molecule has 0 aliphatic heterocycles. The molecule has 29 heavy (non-hydrogen) atoms. The Morgan fingerprint density at radius 1 is 1.28 bits per heavy atom. The molecule has 0 fully saturated rings. The number of nitrogens with one attached hydrogen (secondary N) is 1. The summed E-state index contributed by atoms with van der Waals surface area (Å²) >= 11 is 7.33. The predicted octanol–water partition coefficient (Wildman–Crippen LogP) is 4.00. The van der Waals surface area contributed by atoms with E-state index in [0.717, 1.165) is 11.8 Å². The Balaban J connectivity index is 2.09. The Kier molecular flexibility index (Phi) is 5.99. The molecule has 0 radical (unpaired) electrons. The molecule has 3 aromatic rings. The fourth-order valence-corrected chi connectivity index (χ4v) is 3.19. The molecule has 1 atom stereocenters. The van der Waals surface area contributed by atoms with Gasteiger partial charge in [0.1, 0.15) is 11.6 Å². The monoisotopic (exact) mass is 444 g/mol. The average Bonchev–Trinajstić information content (AvgIpc) is 2.66. The highest BCUT2D eigenvalue weighted by Crippen LogP contribution is 2.31. The van der Waals surface area contributed by atoms with Crippen molar-refractivity contribution < 1.29 is 13.2 Å². The van der Waals surface area contributed by atoms with Gasteiger partial charge >= 0.3 is 6.18 Å². The van der Waals surface area contributed by atoms with Crippen molar-refractivity contribution in [2.75, 3.05) is 11.6 Å². The number of nitrogens with zero attached hydrogens (tertiary/aromatic N) is 5. The maximum atomic E-state index is 13.4. The molecular formula is C17H16ClF3N6OS. The van der Waals surface area contributed by atoms with E-state index in [9.17, 15) is 18.0 Å². The summed E-state index contributed by atoms with van der Waals surface area (Å²) in [6, 6.07) is 1.47. The van der Waals surface area contributed by atoms with E-state index < -0.39 is 17.8 Å². The molecule has 1 N–H and O–H groups in total. The van der Waals surface area contributed by atoms with Gasteiger partial charge in [0, 0.05) is 11.1 Å². The molecule has 0 saturated carbocycles. The van der Waals surface area contributed by atoms with E-state index in [4.69, 9.17) is 11.6 Å². The zero-order chi connectivity index (χ0) is 21.3. The smallest absolute Gasteiger partial charge is 0.360 e. The Morgan fingerprint density at radius 2 is 2.00 bits per heavy atom. The van der Waals surface area contributed by atoms with E-state index in [1.165, 1.54) is 18.7 Å². The lowest BCUT2D eigenvalue weighted by Crippen LogP contribution is -2.35. The van der Waals surface area contributed by atoms with Crippen LogP contribution in [0.5, 0.6) is 0 Å². The summed E-state index contributed by atoms with van der Waals surface area (Å²) in [6.07, 6.45) is -1.09. The molecule has 154 valence electrons. The van der Waals surface area contributed by atoms with Crippen molar-refractivity contribution in [2.45, 2.75) is 37.5 Å². The Bertz CT molecular complexity index is 1100. The molecule has 3 heterocycles. The van der Waals surface area contributed by atoms with Crippen LogP contribution in [0.4, 0.5) is 19.0 Å². The highest BCUT2D eigenvalue weighted by Gasteiger charge is 2.39. The number of halogens is 4. The van der Waals surface area contributed by atoms with Crippen molar-refractivity contribution in [3.05, 3.63) is 45.4 Å². The SMILES string of the molecule is CSc1ccc(CNc2nc3c(C)nc(Cl)nc3n([C@@H](C)C(F)(F)F)c2=O)nc1. The first-order valence-electron chi connectivity index (χ1n) is 8.37. The lowest BCUT2D eigenvalue weighted by Gasteiger charge is -2.21. The molecule has 7 nitrogen and oxygen atoms in total. The number of aromatic nitrogens is 5. The number of anilines is 1. The number of thioether (sulfide) groups is 1. The van der Waals surface area contributed by atoms with Crippen LogP contribution >= 0.6 is 23.4 Å². The third kappa shape index (κ3) is 4.45. The highest BCUT2D eigenvalue weighted by atomic mass is 35.5. The van der Waals surface area contributed by atoms with Gasteiger partial charge in [-0.25, -0.2) is 9.97 Å². The van der Waals surface area contributed by atoms with Gasteiger partial charge in [0.05, 0.1) is 17.9 Å². The maximum absolute atomic E-state index is 13.4. The molecule has 0 bridgehead atoms. The number of fused-ring (bicyclic) bond motifs is 1. The molecule has 0 aliphatic carbocycles. The van der Waals surface area contributed by atoms with Crippen molar-refractivity contribution in [3.8, 4) is 0 Å². The fourth-order valence-electron chi connectivity index (χ4n) is 2.62. The van der Waals surface area contributed by atoms with Crippen molar-refractivity contribution in [3.63, 3.8) is 0 Å². The highest BCUT2D eigenvalue weighted by molar-refractivity contribution is 7.98. The van der Waals surface area contributed by atoms with Gasteiger partial charge in [-0.2, -0.15) is 18.2 Å². The summed E-state index contributed by atoms with van der Waals surface area (Å²) in [5.41, 5.74) is -0.321. The topological polar surface area (TPSA) is 85.6 Å². The average molecular weight is 445 g/mol. The summed E-state index contributed by atoms with van der Waals surface area (Å²) < 4.78 is 40.8. The fraction of sp³-hybridized carbons (Fsp3) is 0.353. The second kappa shape index (κ2) is 8.15. The first-order chi connectivity index (χ1) is 13.6. The number of hydrogen-bond acceptors (Lipinski definition) is 7. The van der Waals surface area contributed by atoms with Gasteiger partial charge in [-0.15, -0.1) is 11.8 Å². The molecular weight excluding hydrogens is 429 g/mol. The summed E-state index contributed by atoms with van der Waals surface area (Å²) in [6.45, 7) is 2.51. The Morgan fingerprint density at radius 3 is 2.59 bits per heavy atom. The third-order valence-electron chi connectivity index (χ3n) is 4.22. The molecule has 3 rings (SSSR count). The van der Waals surface area contributed by atoms with E-state index in [1.807, 2.05) is 12.3 Å². The van der Waals surface area contributed by atoms with Crippen LogP contribution in [0.3, 0.4) is 0 Å². The molecule has 12 heteroatoms. The number of pyridine rings is 1. The van der Waals surface area contributed by atoms with Crippen LogP contribution in [-0.4, -0.2) is 36.9 Å². The van der Waals surface area contributed by atoms with E-state index >= 15 is 0 Å². The van der Waals surface area contributed by atoms with Crippen LogP contribution in [0.25, 0.3) is 11.2 Å². The molecule has 0 aliphatic rings. The van der Waals surface area contributed by atoms with Crippen LogP contribution in [0.2, 0.25) is 5.28 Å². The summed E-state index contributed by atoms with van der Waals surface area (Å²) in [4.78, 5) is 29.9. The molecule has 0 aromatic carbocycles. The minimum absolute atomic E-state index is 0.0540. The molecule has 0 amide bonds. The first kappa shape index (κ1) is 21.3. The lowest BCUT2D eigenvalue weighted by atomic mass is 10.3. The van der Waals surface area contributed by atoms with Gasteiger partial charge in [-0.05, 0) is 43.8 Å². The van der Waals surface area contributed by atoms with Crippen LogP contribution in [0.15, 0.2) is 28.0 Å². The van der Waals surface area contributed by atoms with Crippen LogP contribution in [0, 0.1) is 6.92 Å². The van der Waals surface area contributed by atoms with Crippen LogP contribution in [-0.2, 0) is 6.54 Å². The van der Waals surface area contributed by atoms with Crippen molar-refractivity contribution in [1.29, 1.82) is 0 Å². The van der Waals surface area contributed by atoms with Crippen LogP contribution < -0.4 is 10.9 Å². The van der Waals surface area contributed by atoms with Gasteiger partial charge in [-0.1, -0.05) is 0 Å². The molecule has 0 spiro atoms. The zero-order valence-corrected chi connectivity index (χ0v) is 17.2. The summed E-state index contributed by atoms with van der Waals surface area (Å²) in [5, 5.41) is 2.51. The largest absolute Gasteiger partial charge is 0.409 e.